The molecule has 0 radical (unpaired) electrons. The number of aryl methyl sites for hydroxylation is 2. The first kappa shape index (κ1) is 23.2. The molecule has 0 saturated carbocycles. The lowest BCUT2D eigenvalue weighted by Gasteiger charge is -2.31. The number of nitrogens with zero attached hydrogens (tertiary/aromatic N) is 4. The van der Waals surface area contributed by atoms with Gasteiger partial charge < -0.3 is 14.7 Å². The van der Waals surface area contributed by atoms with Gasteiger partial charge in [0.05, 0.1) is 30.5 Å². The molecule has 0 spiro atoms. The summed E-state index contributed by atoms with van der Waals surface area (Å²) in [6, 6.07) is 8.58. The Kier molecular flexibility index (Phi) is 6.12. The van der Waals surface area contributed by atoms with E-state index in [0.29, 0.717) is 42.4 Å². The first-order chi connectivity index (χ1) is 16.9. The van der Waals surface area contributed by atoms with Crippen LogP contribution in [0.1, 0.15) is 28.6 Å². The van der Waals surface area contributed by atoms with Crippen molar-refractivity contribution in [2.24, 2.45) is 0 Å². The average molecular weight is 479 g/mol. The van der Waals surface area contributed by atoms with E-state index < -0.39 is 23.5 Å². The second kappa shape index (κ2) is 9.24. The van der Waals surface area contributed by atoms with Gasteiger partial charge in [0, 0.05) is 32.4 Å². The summed E-state index contributed by atoms with van der Waals surface area (Å²) in [7, 11) is 0. The van der Waals surface area contributed by atoms with E-state index in [4.69, 9.17) is 4.74 Å². The average Bonchev–Trinajstić information content (AvgIpc) is 3.33. The van der Waals surface area contributed by atoms with Gasteiger partial charge in [0.2, 0.25) is 0 Å². The SMILES string of the molecule is Cc1nc2c(C)cccn2c1/C(O)=C1\C(=O)C(=O)N(CCN2CCOCC2)C1c1ccc(F)cc1. The predicted molar refractivity (Wildman–Crippen MR) is 127 cm³/mol. The summed E-state index contributed by atoms with van der Waals surface area (Å²) >= 11 is 0. The van der Waals surface area contributed by atoms with Gasteiger partial charge in [-0.3, -0.25) is 18.9 Å². The highest BCUT2D eigenvalue weighted by Gasteiger charge is 2.46. The number of aliphatic hydroxyl groups is 1. The number of carbonyl (C=O) groups excluding carboxylic acids is 2. The van der Waals surface area contributed by atoms with Crippen molar-refractivity contribution in [3.05, 3.63) is 76.5 Å². The van der Waals surface area contributed by atoms with Crippen molar-refractivity contribution in [2.45, 2.75) is 19.9 Å². The highest BCUT2D eigenvalue weighted by Crippen LogP contribution is 2.40. The molecule has 182 valence electrons. The van der Waals surface area contributed by atoms with Gasteiger partial charge in [0.25, 0.3) is 11.7 Å². The molecular formula is C26H27FN4O4. The van der Waals surface area contributed by atoms with Crippen molar-refractivity contribution in [2.75, 3.05) is 39.4 Å². The Morgan fingerprint density at radius 2 is 1.83 bits per heavy atom. The summed E-state index contributed by atoms with van der Waals surface area (Å²) in [5, 5.41) is 11.5. The fraction of sp³-hybridized carbons (Fsp3) is 0.346. The largest absolute Gasteiger partial charge is 0.505 e. The smallest absolute Gasteiger partial charge is 0.295 e. The molecular weight excluding hydrogens is 451 g/mol. The van der Waals surface area contributed by atoms with E-state index in [1.165, 1.54) is 17.0 Å². The van der Waals surface area contributed by atoms with Crippen LogP contribution in [0.4, 0.5) is 4.39 Å². The van der Waals surface area contributed by atoms with Crippen LogP contribution in [-0.2, 0) is 14.3 Å². The number of aromatic nitrogens is 2. The van der Waals surface area contributed by atoms with E-state index in [0.717, 1.165) is 18.7 Å². The Hall–Kier alpha value is -3.56. The van der Waals surface area contributed by atoms with Crippen LogP contribution >= 0.6 is 0 Å². The topological polar surface area (TPSA) is 87.4 Å². The quantitative estimate of drug-likeness (QED) is 0.345. The molecule has 2 aliphatic rings. The number of morpholine rings is 1. The molecule has 35 heavy (non-hydrogen) atoms. The van der Waals surface area contributed by atoms with Crippen molar-refractivity contribution in [1.82, 2.24) is 19.2 Å². The number of likely N-dealkylation sites (tertiary alicyclic amines) is 1. The van der Waals surface area contributed by atoms with Crippen LogP contribution in [0.5, 0.6) is 0 Å². The number of ether oxygens (including phenoxy) is 1. The molecule has 2 aromatic heterocycles. The first-order valence-electron chi connectivity index (χ1n) is 11.7. The molecule has 9 heteroatoms. The monoisotopic (exact) mass is 478 g/mol. The molecule has 1 aromatic carbocycles. The zero-order chi connectivity index (χ0) is 24.7. The van der Waals surface area contributed by atoms with Crippen LogP contribution in [0.15, 0.2) is 48.2 Å². The lowest BCUT2D eigenvalue weighted by Crippen LogP contribution is -2.42. The summed E-state index contributed by atoms with van der Waals surface area (Å²) in [4.78, 5) is 34.7. The molecule has 1 unspecified atom stereocenters. The van der Waals surface area contributed by atoms with Crippen LogP contribution in [0.25, 0.3) is 11.4 Å². The Morgan fingerprint density at radius 3 is 2.54 bits per heavy atom. The third kappa shape index (κ3) is 4.11. The summed E-state index contributed by atoms with van der Waals surface area (Å²) < 4.78 is 20.8. The van der Waals surface area contributed by atoms with E-state index >= 15 is 0 Å². The Morgan fingerprint density at radius 1 is 1.11 bits per heavy atom. The minimum Gasteiger partial charge on any atom is -0.505 e. The molecule has 1 atom stereocenters. The number of carbonyl (C=O) groups is 2. The first-order valence-corrected chi connectivity index (χ1v) is 11.7. The number of Topliss-reactive ketones (excluding diaryl/α,β-unsaturated/α-hetero) is 1. The molecule has 5 rings (SSSR count). The fourth-order valence-electron chi connectivity index (χ4n) is 4.91. The van der Waals surface area contributed by atoms with Gasteiger partial charge in [0.1, 0.15) is 17.2 Å². The maximum atomic E-state index is 13.7. The van der Waals surface area contributed by atoms with Gasteiger partial charge in [-0.05, 0) is 43.2 Å². The second-order valence-electron chi connectivity index (χ2n) is 8.93. The zero-order valence-electron chi connectivity index (χ0n) is 19.7. The van der Waals surface area contributed by atoms with E-state index in [-0.39, 0.29) is 17.9 Å². The third-order valence-corrected chi connectivity index (χ3v) is 6.73. The molecule has 1 N–H and O–H groups in total. The summed E-state index contributed by atoms with van der Waals surface area (Å²) in [6.07, 6.45) is 1.76. The minimum atomic E-state index is -0.841. The molecule has 2 fully saturated rings. The van der Waals surface area contributed by atoms with Gasteiger partial charge in [-0.15, -0.1) is 0 Å². The third-order valence-electron chi connectivity index (χ3n) is 6.73. The number of benzene rings is 1. The Balaban J connectivity index is 1.62. The van der Waals surface area contributed by atoms with Crippen molar-refractivity contribution >= 4 is 23.1 Å². The lowest BCUT2D eigenvalue weighted by atomic mass is 9.96. The van der Waals surface area contributed by atoms with Gasteiger partial charge >= 0.3 is 0 Å². The number of fused-ring (bicyclic) bond motifs is 1. The van der Waals surface area contributed by atoms with E-state index in [2.05, 4.69) is 9.88 Å². The van der Waals surface area contributed by atoms with E-state index in [1.807, 2.05) is 19.1 Å². The van der Waals surface area contributed by atoms with Gasteiger partial charge in [-0.1, -0.05) is 18.2 Å². The highest BCUT2D eigenvalue weighted by molar-refractivity contribution is 6.46. The number of halogens is 1. The van der Waals surface area contributed by atoms with Crippen LogP contribution in [-0.4, -0.2) is 75.4 Å². The minimum absolute atomic E-state index is 0.0185. The molecule has 2 aliphatic heterocycles. The molecule has 0 bridgehead atoms. The summed E-state index contributed by atoms with van der Waals surface area (Å²) in [5.74, 6) is -2.16. The maximum absolute atomic E-state index is 13.7. The number of amides is 1. The van der Waals surface area contributed by atoms with Crippen molar-refractivity contribution in [3.63, 3.8) is 0 Å². The number of imidazole rings is 1. The van der Waals surface area contributed by atoms with Gasteiger partial charge in [0.15, 0.2) is 5.76 Å². The highest BCUT2D eigenvalue weighted by atomic mass is 19.1. The maximum Gasteiger partial charge on any atom is 0.295 e. The normalized spacial score (nSPS) is 20.8. The standard InChI is InChI=1S/C26H27FN4O4/c1-16-4-3-9-30-21(17(2)28-25(16)30)23(32)20-22(18-5-7-19(27)8-6-18)31(26(34)24(20)33)11-10-29-12-14-35-15-13-29/h3-9,22,32H,10-15H2,1-2H3/b23-20+. The molecule has 8 nitrogen and oxygen atoms in total. The summed E-state index contributed by atoms with van der Waals surface area (Å²) in [6.45, 7) is 7.23. The number of ketones is 1. The number of hydrogen-bond donors (Lipinski definition) is 1. The van der Waals surface area contributed by atoms with E-state index in [9.17, 15) is 19.1 Å². The molecule has 3 aromatic rings. The van der Waals surface area contributed by atoms with Crippen LogP contribution in [0.2, 0.25) is 0 Å². The van der Waals surface area contributed by atoms with Crippen LogP contribution in [0, 0.1) is 19.7 Å². The number of aliphatic hydroxyl groups excluding tert-OH is 1. The van der Waals surface area contributed by atoms with Crippen molar-refractivity contribution in [3.8, 4) is 0 Å². The molecule has 0 aliphatic carbocycles. The van der Waals surface area contributed by atoms with Crippen molar-refractivity contribution < 1.29 is 23.8 Å². The van der Waals surface area contributed by atoms with Gasteiger partial charge in [-0.2, -0.15) is 0 Å². The number of hydrogen-bond acceptors (Lipinski definition) is 6. The lowest BCUT2D eigenvalue weighted by molar-refractivity contribution is -0.140. The Bertz CT molecular complexity index is 1330. The molecule has 1 amide bonds. The fourth-order valence-corrected chi connectivity index (χ4v) is 4.91. The summed E-state index contributed by atoms with van der Waals surface area (Å²) in [5.41, 5.74) is 3.00. The van der Waals surface area contributed by atoms with Crippen molar-refractivity contribution in [1.29, 1.82) is 0 Å². The predicted octanol–water partition coefficient (Wildman–Crippen LogP) is 2.84. The number of pyridine rings is 1. The van der Waals surface area contributed by atoms with Crippen LogP contribution in [0.3, 0.4) is 0 Å². The van der Waals surface area contributed by atoms with Crippen LogP contribution < -0.4 is 0 Å². The number of rotatable bonds is 5. The molecule has 4 heterocycles. The Labute approximate surface area is 202 Å². The molecule has 2 saturated heterocycles. The second-order valence-corrected chi connectivity index (χ2v) is 8.93. The van der Waals surface area contributed by atoms with E-state index in [1.54, 1.807) is 29.7 Å². The zero-order valence-corrected chi connectivity index (χ0v) is 19.7. The van der Waals surface area contributed by atoms with Gasteiger partial charge in [-0.25, -0.2) is 9.37 Å².